The number of hydrogen-bond donors (Lipinski definition) is 2. The van der Waals surface area contributed by atoms with Crippen LogP contribution in [-0.2, 0) is 10.0 Å². The molecule has 1 aromatic heterocycles. The van der Waals surface area contributed by atoms with Gasteiger partial charge in [0, 0.05) is 16.9 Å². The van der Waals surface area contributed by atoms with E-state index in [9.17, 15) is 8.42 Å². The molecule has 0 radical (unpaired) electrons. The summed E-state index contributed by atoms with van der Waals surface area (Å²) >= 11 is 9.10. The number of rotatable bonds is 5. The molecule has 0 amide bonds. The summed E-state index contributed by atoms with van der Waals surface area (Å²) in [4.78, 5) is 0.299. The van der Waals surface area contributed by atoms with E-state index in [4.69, 9.17) is 18.0 Å². The summed E-state index contributed by atoms with van der Waals surface area (Å²) in [5, 5.41) is 1.70. The molecule has 0 aliphatic carbocycles. The summed E-state index contributed by atoms with van der Waals surface area (Å²) in [7, 11) is -3.47. The number of nitrogens with two attached hydrogens (primary N) is 1. The molecule has 16 heavy (non-hydrogen) atoms. The van der Waals surface area contributed by atoms with Crippen molar-refractivity contribution >= 4 is 54.5 Å². The minimum Gasteiger partial charge on any atom is -0.393 e. The van der Waals surface area contributed by atoms with E-state index in [0.29, 0.717) is 9.46 Å². The smallest absolute Gasteiger partial charge is 0.251 e. The topological polar surface area (TPSA) is 72.2 Å². The van der Waals surface area contributed by atoms with Crippen LogP contribution in [0.1, 0.15) is 6.92 Å². The number of hydrogen-bond acceptors (Lipinski definition) is 4. The highest BCUT2D eigenvalue weighted by molar-refractivity contribution is 9.10. The fourth-order valence-corrected chi connectivity index (χ4v) is 4.47. The van der Waals surface area contributed by atoms with Crippen LogP contribution in [0.15, 0.2) is 20.1 Å². The number of sulfonamides is 1. The molecule has 0 aliphatic heterocycles. The first-order chi connectivity index (χ1) is 7.34. The molecule has 90 valence electrons. The highest BCUT2D eigenvalue weighted by Crippen LogP contribution is 2.27. The third-order valence-corrected chi connectivity index (χ3v) is 6.39. The van der Waals surface area contributed by atoms with Gasteiger partial charge in [0.1, 0.15) is 4.21 Å². The second kappa shape index (κ2) is 5.54. The van der Waals surface area contributed by atoms with Crippen molar-refractivity contribution in [1.82, 2.24) is 4.72 Å². The molecule has 1 heterocycles. The minimum absolute atomic E-state index is 0.163. The lowest BCUT2D eigenvalue weighted by Crippen LogP contribution is -2.33. The molecule has 0 fully saturated rings. The van der Waals surface area contributed by atoms with E-state index in [1.165, 1.54) is 0 Å². The number of thiocarbonyl (C=S) groups is 1. The normalized spacial score (nSPS) is 13.6. The maximum atomic E-state index is 11.8. The van der Waals surface area contributed by atoms with Gasteiger partial charge in [0.25, 0.3) is 10.0 Å². The van der Waals surface area contributed by atoms with Gasteiger partial charge >= 0.3 is 0 Å². The molecule has 4 nitrogen and oxygen atoms in total. The van der Waals surface area contributed by atoms with Crippen LogP contribution in [0.4, 0.5) is 0 Å². The van der Waals surface area contributed by atoms with Crippen molar-refractivity contribution in [2.24, 2.45) is 11.7 Å². The molecule has 0 saturated carbocycles. The van der Waals surface area contributed by atoms with Gasteiger partial charge in [-0.15, -0.1) is 11.3 Å². The summed E-state index contributed by atoms with van der Waals surface area (Å²) in [6.45, 7) is 1.98. The van der Waals surface area contributed by atoms with Gasteiger partial charge in [0.2, 0.25) is 0 Å². The maximum absolute atomic E-state index is 11.8. The van der Waals surface area contributed by atoms with Crippen molar-refractivity contribution < 1.29 is 8.42 Å². The Hall–Kier alpha value is -0.0200. The zero-order valence-corrected chi connectivity index (χ0v) is 12.5. The van der Waals surface area contributed by atoms with Crippen LogP contribution >= 0.6 is 39.5 Å². The van der Waals surface area contributed by atoms with Gasteiger partial charge in [-0.3, -0.25) is 0 Å². The fourth-order valence-electron chi connectivity index (χ4n) is 0.872. The monoisotopic (exact) mass is 342 g/mol. The molecule has 1 aromatic rings. The second-order valence-corrected chi connectivity index (χ2v) is 7.42. The Kier molecular flexibility index (Phi) is 4.87. The lowest BCUT2D eigenvalue weighted by Gasteiger charge is -2.10. The van der Waals surface area contributed by atoms with Crippen LogP contribution in [-0.4, -0.2) is 20.0 Å². The molecule has 1 unspecified atom stereocenters. The summed E-state index contributed by atoms with van der Waals surface area (Å²) in [5.74, 6) is -0.163. The van der Waals surface area contributed by atoms with Crippen LogP contribution in [0.3, 0.4) is 0 Å². The molecule has 0 aliphatic rings. The van der Waals surface area contributed by atoms with Gasteiger partial charge in [0.05, 0.1) is 4.99 Å². The molecule has 1 atom stereocenters. The van der Waals surface area contributed by atoms with Gasteiger partial charge in [0.15, 0.2) is 0 Å². The molecular weight excluding hydrogens is 332 g/mol. The van der Waals surface area contributed by atoms with Crippen LogP contribution in [0.2, 0.25) is 0 Å². The first-order valence-electron chi connectivity index (χ1n) is 4.36. The summed E-state index contributed by atoms with van der Waals surface area (Å²) in [6, 6.07) is 1.69. The maximum Gasteiger partial charge on any atom is 0.251 e. The summed E-state index contributed by atoms with van der Waals surface area (Å²) in [5.41, 5.74) is 5.40. The Bertz CT molecular complexity index is 483. The van der Waals surface area contributed by atoms with Crippen LogP contribution in [0.25, 0.3) is 0 Å². The Labute approximate surface area is 112 Å². The van der Waals surface area contributed by atoms with Gasteiger partial charge in [-0.1, -0.05) is 19.1 Å². The zero-order chi connectivity index (χ0) is 12.3. The zero-order valence-electron chi connectivity index (χ0n) is 8.44. The number of halogens is 1. The third-order valence-electron chi connectivity index (χ3n) is 1.89. The van der Waals surface area contributed by atoms with Crippen LogP contribution in [0, 0.1) is 5.92 Å². The first kappa shape index (κ1) is 14.0. The Morgan fingerprint density at radius 2 is 2.38 bits per heavy atom. The lowest BCUT2D eigenvalue weighted by molar-refractivity contribution is 0.577. The van der Waals surface area contributed by atoms with Crippen molar-refractivity contribution in [3.05, 3.63) is 15.9 Å². The van der Waals surface area contributed by atoms with Gasteiger partial charge in [-0.05, 0) is 27.4 Å². The van der Waals surface area contributed by atoms with E-state index in [2.05, 4.69) is 20.7 Å². The average molecular weight is 343 g/mol. The molecule has 0 bridgehead atoms. The molecule has 3 N–H and O–H groups in total. The largest absolute Gasteiger partial charge is 0.393 e. The molecule has 1 rings (SSSR count). The van der Waals surface area contributed by atoms with Gasteiger partial charge in [-0.2, -0.15) is 0 Å². The van der Waals surface area contributed by atoms with Crippen molar-refractivity contribution in [3.8, 4) is 0 Å². The third kappa shape index (κ3) is 3.49. The molecule has 8 heteroatoms. The quantitative estimate of drug-likeness (QED) is 0.799. The average Bonchev–Trinajstić information content (AvgIpc) is 2.61. The van der Waals surface area contributed by atoms with E-state index < -0.39 is 10.0 Å². The highest BCUT2D eigenvalue weighted by atomic mass is 79.9. The van der Waals surface area contributed by atoms with E-state index in [1.54, 1.807) is 18.4 Å². The van der Waals surface area contributed by atoms with Crippen molar-refractivity contribution in [2.45, 2.75) is 11.1 Å². The predicted molar refractivity (Wildman–Crippen MR) is 73.2 cm³/mol. The standard InChI is InChI=1S/C8H11BrN2O2S3/c1-5(7(10)14)4-11-16(12,13)8-6(9)2-3-15-8/h2-3,5,11H,4H2,1H3,(H2,10,14). The van der Waals surface area contributed by atoms with Crippen LogP contribution in [0.5, 0.6) is 0 Å². The van der Waals surface area contributed by atoms with Gasteiger partial charge in [-0.25, -0.2) is 13.1 Å². The Morgan fingerprint density at radius 3 is 2.81 bits per heavy atom. The second-order valence-electron chi connectivity index (χ2n) is 3.21. The van der Waals surface area contributed by atoms with E-state index in [0.717, 1.165) is 11.3 Å². The highest BCUT2D eigenvalue weighted by Gasteiger charge is 2.20. The number of nitrogens with one attached hydrogen (secondary N) is 1. The molecule has 0 spiro atoms. The van der Waals surface area contributed by atoms with Crippen LogP contribution < -0.4 is 10.5 Å². The fraction of sp³-hybridized carbons (Fsp3) is 0.375. The van der Waals surface area contributed by atoms with E-state index >= 15 is 0 Å². The summed E-state index contributed by atoms with van der Waals surface area (Å²) in [6.07, 6.45) is 0. The number of thiophene rings is 1. The van der Waals surface area contributed by atoms with Crippen molar-refractivity contribution in [3.63, 3.8) is 0 Å². The molecular formula is C8H11BrN2O2S3. The lowest BCUT2D eigenvalue weighted by atomic mass is 10.2. The Balaban J connectivity index is 2.75. The van der Waals surface area contributed by atoms with Crippen molar-refractivity contribution in [2.75, 3.05) is 6.54 Å². The molecule has 0 aromatic carbocycles. The SMILES string of the molecule is CC(CNS(=O)(=O)c1sccc1Br)C(N)=S. The molecule has 0 saturated heterocycles. The summed E-state index contributed by atoms with van der Waals surface area (Å²) < 4.78 is 27.0. The van der Waals surface area contributed by atoms with E-state index in [-0.39, 0.29) is 16.7 Å². The van der Waals surface area contributed by atoms with E-state index in [1.807, 2.05) is 0 Å². The van der Waals surface area contributed by atoms with Crippen molar-refractivity contribution in [1.29, 1.82) is 0 Å². The first-order valence-corrected chi connectivity index (χ1v) is 7.93. The Morgan fingerprint density at radius 1 is 1.75 bits per heavy atom. The predicted octanol–water partition coefficient (Wildman–Crippen LogP) is 1.71. The van der Waals surface area contributed by atoms with Gasteiger partial charge < -0.3 is 5.73 Å². The minimum atomic E-state index is -3.47.